The maximum atomic E-state index is 12.5. The van der Waals surface area contributed by atoms with Gasteiger partial charge in [0.1, 0.15) is 5.60 Å². The van der Waals surface area contributed by atoms with Crippen LogP contribution in [0.3, 0.4) is 0 Å². The highest BCUT2D eigenvalue weighted by Crippen LogP contribution is 2.43. The third kappa shape index (κ3) is 4.69. The van der Waals surface area contributed by atoms with Crippen LogP contribution in [0.15, 0.2) is 27.7 Å². The molecule has 0 radical (unpaired) electrons. The standard InChI is InChI=1S/C19H24BrNO4/c1-17(2,3)16(23)25-19(10-15(22)24-18(4,5)6)11-21-14-8-7-12(20)9-13(14)19/h7-9,11H,10H2,1-6H3. The Bertz CT molecular complexity index is 728. The van der Waals surface area contributed by atoms with E-state index in [1.807, 2.05) is 18.2 Å². The van der Waals surface area contributed by atoms with E-state index in [4.69, 9.17) is 9.47 Å². The van der Waals surface area contributed by atoms with Gasteiger partial charge in [0.25, 0.3) is 0 Å². The molecule has 1 heterocycles. The second-order valence-corrected chi connectivity index (χ2v) is 9.13. The van der Waals surface area contributed by atoms with E-state index in [0.29, 0.717) is 11.3 Å². The highest BCUT2D eigenvalue weighted by atomic mass is 79.9. The molecule has 0 fully saturated rings. The first-order valence-corrected chi connectivity index (χ1v) is 8.92. The highest BCUT2D eigenvalue weighted by Gasteiger charge is 2.45. The van der Waals surface area contributed by atoms with Crippen LogP contribution in [0.1, 0.15) is 53.5 Å². The molecule has 0 spiro atoms. The zero-order chi connectivity index (χ0) is 19.0. The molecule has 0 aliphatic carbocycles. The van der Waals surface area contributed by atoms with Gasteiger partial charge in [-0.3, -0.25) is 14.6 Å². The van der Waals surface area contributed by atoms with Gasteiger partial charge in [-0.15, -0.1) is 0 Å². The van der Waals surface area contributed by atoms with Gasteiger partial charge in [0.15, 0.2) is 5.60 Å². The Hall–Kier alpha value is -1.69. The first kappa shape index (κ1) is 19.6. The van der Waals surface area contributed by atoms with Crippen molar-refractivity contribution in [3.63, 3.8) is 0 Å². The fourth-order valence-corrected chi connectivity index (χ4v) is 2.73. The van der Waals surface area contributed by atoms with Crippen molar-refractivity contribution in [1.29, 1.82) is 0 Å². The number of benzene rings is 1. The normalized spacial score (nSPS) is 19.5. The zero-order valence-corrected chi connectivity index (χ0v) is 17.1. The number of ether oxygens (including phenoxy) is 2. The molecular weight excluding hydrogens is 386 g/mol. The molecule has 25 heavy (non-hydrogen) atoms. The molecule has 2 rings (SSSR count). The predicted octanol–water partition coefficient (Wildman–Crippen LogP) is 4.68. The number of carbonyl (C=O) groups excluding carboxylic acids is 2. The van der Waals surface area contributed by atoms with Gasteiger partial charge in [0, 0.05) is 10.0 Å². The average Bonchev–Trinajstić information content (AvgIpc) is 2.74. The minimum atomic E-state index is -1.26. The molecule has 0 saturated carbocycles. The second-order valence-electron chi connectivity index (χ2n) is 8.21. The summed E-state index contributed by atoms with van der Waals surface area (Å²) in [6.45, 7) is 10.7. The van der Waals surface area contributed by atoms with E-state index >= 15 is 0 Å². The third-order valence-corrected chi connectivity index (χ3v) is 4.03. The molecule has 136 valence electrons. The Morgan fingerprint density at radius 3 is 2.36 bits per heavy atom. The van der Waals surface area contributed by atoms with Crippen LogP contribution in [-0.2, 0) is 24.7 Å². The number of rotatable bonds is 3. The summed E-state index contributed by atoms with van der Waals surface area (Å²) in [6, 6.07) is 5.49. The van der Waals surface area contributed by atoms with Crippen molar-refractivity contribution in [3.8, 4) is 0 Å². The molecule has 0 N–H and O–H groups in total. The maximum absolute atomic E-state index is 12.5. The smallest absolute Gasteiger partial charge is 0.312 e. The fourth-order valence-electron chi connectivity index (χ4n) is 2.37. The van der Waals surface area contributed by atoms with Crippen LogP contribution >= 0.6 is 15.9 Å². The largest absolute Gasteiger partial charge is 0.460 e. The van der Waals surface area contributed by atoms with Crippen molar-refractivity contribution in [1.82, 2.24) is 0 Å². The molecule has 0 amide bonds. The Kier molecular flexibility index (Phi) is 5.15. The summed E-state index contributed by atoms with van der Waals surface area (Å²) in [5.41, 5.74) is -1.24. The molecule has 0 aromatic heterocycles. The van der Waals surface area contributed by atoms with Gasteiger partial charge in [-0.2, -0.15) is 0 Å². The maximum Gasteiger partial charge on any atom is 0.312 e. The SMILES string of the molecule is CC(C)(C)OC(=O)CC1(OC(=O)C(C)(C)C)C=Nc2ccc(Br)cc21. The molecule has 1 aromatic carbocycles. The number of nitrogens with zero attached hydrogens (tertiary/aromatic N) is 1. The number of hydrogen-bond acceptors (Lipinski definition) is 5. The summed E-state index contributed by atoms with van der Waals surface area (Å²) >= 11 is 3.43. The Morgan fingerprint density at radius 2 is 1.80 bits per heavy atom. The van der Waals surface area contributed by atoms with Gasteiger partial charge in [0.2, 0.25) is 0 Å². The van der Waals surface area contributed by atoms with E-state index in [0.717, 1.165) is 4.47 Å². The number of carbonyl (C=O) groups is 2. The van der Waals surface area contributed by atoms with Gasteiger partial charge in [-0.25, -0.2) is 0 Å². The van der Waals surface area contributed by atoms with Crippen LogP contribution in [0.4, 0.5) is 5.69 Å². The van der Waals surface area contributed by atoms with E-state index in [2.05, 4.69) is 20.9 Å². The number of aliphatic imine (C=N–C) groups is 1. The van der Waals surface area contributed by atoms with Gasteiger partial charge in [-0.05, 0) is 59.7 Å². The van der Waals surface area contributed by atoms with Gasteiger partial charge >= 0.3 is 11.9 Å². The molecule has 0 bridgehead atoms. The number of fused-ring (bicyclic) bond motifs is 1. The van der Waals surface area contributed by atoms with Crippen molar-refractivity contribution in [3.05, 3.63) is 28.2 Å². The summed E-state index contributed by atoms with van der Waals surface area (Å²) in [7, 11) is 0. The lowest BCUT2D eigenvalue weighted by atomic mass is 9.90. The lowest BCUT2D eigenvalue weighted by Gasteiger charge is -2.31. The van der Waals surface area contributed by atoms with Crippen molar-refractivity contribution >= 4 is 39.8 Å². The number of halogens is 1. The van der Waals surface area contributed by atoms with Crippen molar-refractivity contribution in [2.45, 2.75) is 59.2 Å². The van der Waals surface area contributed by atoms with E-state index in [1.165, 1.54) is 6.21 Å². The quantitative estimate of drug-likeness (QED) is 0.679. The fraction of sp³-hybridized carbons (Fsp3) is 0.526. The van der Waals surface area contributed by atoms with Gasteiger partial charge in [-0.1, -0.05) is 15.9 Å². The third-order valence-electron chi connectivity index (χ3n) is 3.54. The minimum absolute atomic E-state index is 0.126. The lowest BCUT2D eigenvalue weighted by Crippen LogP contribution is -2.40. The van der Waals surface area contributed by atoms with E-state index < -0.39 is 28.6 Å². The topological polar surface area (TPSA) is 65.0 Å². The zero-order valence-electron chi connectivity index (χ0n) is 15.5. The lowest BCUT2D eigenvalue weighted by molar-refractivity contribution is -0.171. The highest BCUT2D eigenvalue weighted by molar-refractivity contribution is 9.10. The van der Waals surface area contributed by atoms with Gasteiger partial charge in [0.05, 0.1) is 23.7 Å². The molecule has 1 atom stereocenters. The van der Waals surface area contributed by atoms with E-state index in [-0.39, 0.29) is 6.42 Å². The van der Waals surface area contributed by atoms with Crippen LogP contribution in [0.5, 0.6) is 0 Å². The number of esters is 2. The van der Waals surface area contributed by atoms with E-state index in [9.17, 15) is 9.59 Å². The molecule has 1 unspecified atom stereocenters. The molecule has 1 aliphatic heterocycles. The first-order chi connectivity index (χ1) is 11.3. The van der Waals surface area contributed by atoms with Gasteiger partial charge < -0.3 is 9.47 Å². The van der Waals surface area contributed by atoms with Crippen molar-refractivity contribution in [2.24, 2.45) is 10.4 Å². The summed E-state index contributed by atoms with van der Waals surface area (Å²) in [5.74, 6) is -0.858. The molecule has 6 heteroatoms. The minimum Gasteiger partial charge on any atom is -0.460 e. The van der Waals surface area contributed by atoms with Crippen molar-refractivity contribution in [2.75, 3.05) is 0 Å². The Balaban J connectivity index is 2.42. The first-order valence-electron chi connectivity index (χ1n) is 8.13. The molecule has 1 aromatic rings. The second kappa shape index (κ2) is 6.56. The van der Waals surface area contributed by atoms with Crippen LogP contribution < -0.4 is 0 Å². The molecule has 1 aliphatic rings. The summed E-state index contributed by atoms with van der Waals surface area (Å²) in [6.07, 6.45) is 1.40. The Morgan fingerprint density at radius 1 is 1.16 bits per heavy atom. The Labute approximate surface area is 156 Å². The summed E-state index contributed by atoms with van der Waals surface area (Å²) < 4.78 is 12.1. The van der Waals surface area contributed by atoms with Crippen LogP contribution in [0.2, 0.25) is 0 Å². The number of hydrogen-bond donors (Lipinski definition) is 0. The molecule has 0 saturated heterocycles. The van der Waals surface area contributed by atoms with Crippen molar-refractivity contribution < 1.29 is 19.1 Å². The van der Waals surface area contributed by atoms with Crippen LogP contribution in [0.25, 0.3) is 0 Å². The molecule has 5 nitrogen and oxygen atoms in total. The summed E-state index contributed by atoms with van der Waals surface area (Å²) in [4.78, 5) is 29.3. The van der Waals surface area contributed by atoms with E-state index in [1.54, 1.807) is 41.5 Å². The monoisotopic (exact) mass is 409 g/mol. The molecular formula is C19H24BrNO4. The average molecular weight is 410 g/mol. The summed E-state index contributed by atoms with van der Waals surface area (Å²) in [5, 5.41) is 0. The predicted molar refractivity (Wildman–Crippen MR) is 100.0 cm³/mol. The van der Waals surface area contributed by atoms with Crippen LogP contribution in [0, 0.1) is 5.41 Å². The van der Waals surface area contributed by atoms with Crippen LogP contribution in [-0.4, -0.2) is 23.8 Å².